The topological polar surface area (TPSA) is 146 Å². The Kier molecular flexibility index (Phi) is 14.2. The summed E-state index contributed by atoms with van der Waals surface area (Å²) in [6, 6.07) is 9.88. The van der Waals surface area contributed by atoms with Crippen LogP contribution in [0, 0.1) is 23.7 Å². The lowest BCUT2D eigenvalue weighted by atomic mass is 9.76. The first-order valence-electron chi connectivity index (χ1n) is 20.6. The SMILES string of the molecule is CC[C@H]1OC(=O)[C@H](C)[C@@H](O[C@H]2C[C@@](C)(OC)C[C@H](C)O2)[C@H](C)[C@@H](O[C@@H]2O[C@H](C)C[C@H](N(C)Cc3ccccc3)[C@H]2O)[C@]2(C)C[C@H](C)[C@@H](O2)[C@H](C)[C@@H](O)[C@]1(C)O. The molecule has 5 rings (SSSR count). The van der Waals surface area contributed by atoms with E-state index in [9.17, 15) is 20.1 Å². The van der Waals surface area contributed by atoms with Crippen molar-refractivity contribution in [2.45, 2.75) is 192 Å². The maximum absolute atomic E-state index is 14.3. The van der Waals surface area contributed by atoms with Gasteiger partial charge in [0.2, 0.25) is 0 Å². The van der Waals surface area contributed by atoms with Crippen molar-refractivity contribution in [1.29, 1.82) is 0 Å². The van der Waals surface area contributed by atoms with Crippen LogP contribution in [0.1, 0.15) is 107 Å². The van der Waals surface area contributed by atoms with Gasteiger partial charge in [0.15, 0.2) is 12.6 Å². The summed E-state index contributed by atoms with van der Waals surface area (Å²) in [5, 5.41) is 35.7. The summed E-state index contributed by atoms with van der Waals surface area (Å²) in [7, 11) is 3.69. The predicted octanol–water partition coefficient (Wildman–Crippen LogP) is 5.22. The number of rotatable bonds is 9. The van der Waals surface area contributed by atoms with Gasteiger partial charge in [-0.15, -0.1) is 0 Å². The number of nitrogens with zero attached hydrogens (tertiary/aromatic N) is 1. The summed E-state index contributed by atoms with van der Waals surface area (Å²) in [5.74, 6) is -2.55. The molecule has 12 heteroatoms. The fourth-order valence-electron chi connectivity index (χ4n) is 10.2. The Morgan fingerprint density at radius 1 is 0.909 bits per heavy atom. The van der Waals surface area contributed by atoms with E-state index < -0.39 is 89.7 Å². The fourth-order valence-corrected chi connectivity index (χ4v) is 10.2. The second-order valence-corrected chi connectivity index (χ2v) is 18.2. The van der Waals surface area contributed by atoms with Crippen molar-refractivity contribution >= 4 is 5.97 Å². The molecule has 4 fully saturated rings. The molecule has 0 saturated carbocycles. The molecule has 314 valence electrons. The predicted molar refractivity (Wildman–Crippen MR) is 207 cm³/mol. The Morgan fingerprint density at radius 2 is 1.58 bits per heavy atom. The summed E-state index contributed by atoms with van der Waals surface area (Å²) in [6.45, 7) is 19.7. The van der Waals surface area contributed by atoms with E-state index in [1.165, 1.54) is 6.92 Å². The third-order valence-corrected chi connectivity index (χ3v) is 13.3. The van der Waals surface area contributed by atoms with Gasteiger partial charge in [0, 0.05) is 44.4 Å². The molecular formula is C43H71NO11. The van der Waals surface area contributed by atoms with E-state index in [1.54, 1.807) is 14.0 Å². The molecule has 12 nitrogen and oxygen atoms in total. The van der Waals surface area contributed by atoms with Crippen molar-refractivity contribution in [2.24, 2.45) is 23.7 Å². The Bertz CT molecular complexity index is 1400. The number of hydrogen-bond donors (Lipinski definition) is 3. The number of fused-ring (bicyclic) bond motifs is 2. The number of aliphatic hydroxyl groups excluding tert-OH is 2. The molecule has 0 aromatic heterocycles. The molecule has 0 unspecified atom stereocenters. The van der Waals surface area contributed by atoms with Gasteiger partial charge >= 0.3 is 5.97 Å². The largest absolute Gasteiger partial charge is 0.459 e. The molecule has 4 saturated heterocycles. The molecule has 3 N–H and O–H groups in total. The minimum absolute atomic E-state index is 0.0445. The van der Waals surface area contributed by atoms with Crippen LogP contribution in [0.2, 0.25) is 0 Å². The van der Waals surface area contributed by atoms with Gasteiger partial charge in [-0.2, -0.15) is 0 Å². The first kappa shape index (κ1) is 44.4. The summed E-state index contributed by atoms with van der Waals surface area (Å²) < 4.78 is 45.8. The molecular weight excluding hydrogens is 706 g/mol. The molecule has 55 heavy (non-hydrogen) atoms. The van der Waals surface area contributed by atoms with Gasteiger partial charge in [0.1, 0.15) is 17.8 Å². The molecule has 0 aliphatic carbocycles. The molecule has 0 amide bonds. The van der Waals surface area contributed by atoms with Crippen LogP contribution in [0.15, 0.2) is 30.3 Å². The second-order valence-electron chi connectivity index (χ2n) is 18.2. The third-order valence-electron chi connectivity index (χ3n) is 13.3. The molecule has 4 aliphatic heterocycles. The number of esters is 1. The summed E-state index contributed by atoms with van der Waals surface area (Å²) >= 11 is 0. The number of cyclic esters (lactones) is 1. The Hall–Kier alpha value is -1.71. The molecule has 2 bridgehead atoms. The van der Waals surface area contributed by atoms with E-state index in [-0.39, 0.29) is 30.6 Å². The van der Waals surface area contributed by atoms with Crippen molar-refractivity contribution < 1.29 is 53.3 Å². The highest BCUT2D eigenvalue weighted by Gasteiger charge is 2.57. The number of ether oxygens (including phenoxy) is 7. The molecule has 18 atom stereocenters. The minimum Gasteiger partial charge on any atom is -0.459 e. The number of aliphatic hydroxyl groups is 3. The van der Waals surface area contributed by atoms with E-state index in [0.717, 1.165) is 5.56 Å². The normalized spacial score (nSPS) is 47.4. The lowest BCUT2D eigenvalue weighted by molar-refractivity contribution is -0.312. The van der Waals surface area contributed by atoms with Crippen LogP contribution < -0.4 is 0 Å². The van der Waals surface area contributed by atoms with Gasteiger partial charge in [-0.1, -0.05) is 58.0 Å². The lowest BCUT2D eigenvalue weighted by Gasteiger charge is -2.48. The molecule has 1 aromatic carbocycles. The first-order chi connectivity index (χ1) is 25.7. The fraction of sp³-hybridized carbons (Fsp3) is 0.837. The molecule has 1 aromatic rings. The van der Waals surface area contributed by atoms with Crippen molar-refractivity contribution in [3.63, 3.8) is 0 Å². The lowest BCUT2D eigenvalue weighted by Crippen LogP contribution is -2.59. The standard InChI is InChI=1S/C43H71NO11/c1-13-32-43(10,48)37(46)27(5)35-24(2)20-42(9,55-35)38(54-40-34(45)31(19-25(3)51-40)44(11)23-30-17-15-14-16-18-30)28(6)36(29(7)39(47)52-32)53-33-22-41(8,49-12)21-26(4)50-33/h14-18,24-29,31-38,40,45-46,48H,13,19-23H2,1-12H3/t24-,25+,26-,27-,28-,29+,31-,32+,33-,34+,35+,36-,37+,38+,40-,41-,42-,43+/m0/s1. The number of likely N-dealkylation sites (N-methyl/N-ethyl adjacent to an activating group) is 1. The van der Waals surface area contributed by atoms with Gasteiger partial charge in [0.25, 0.3) is 0 Å². The van der Waals surface area contributed by atoms with Crippen LogP contribution in [0.4, 0.5) is 0 Å². The number of benzene rings is 1. The van der Waals surface area contributed by atoms with Gasteiger partial charge in [-0.3, -0.25) is 9.69 Å². The third kappa shape index (κ3) is 9.61. The average Bonchev–Trinajstić information content (AvgIpc) is 3.45. The van der Waals surface area contributed by atoms with E-state index in [0.29, 0.717) is 32.2 Å². The second kappa shape index (κ2) is 17.6. The van der Waals surface area contributed by atoms with Gasteiger partial charge in [-0.05, 0) is 79.3 Å². The first-order valence-corrected chi connectivity index (χ1v) is 20.6. The highest BCUT2D eigenvalue weighted by molar-refractivity contribution is 5.73. The summed E-state index contributed by atoms with van der Waals surface area (Å²) in [6.07, 6.45) is -4.92. The summed E-state index contributed by atoms with van der Waals surface area (Å²) in [4.78, 5) is 16.4. The summed E-state index contributed by atoms with van der Waals surface area (Å²) in [5.41, 5.74) is -2.12. The highest BCUT2D eigenvalue weighted by Crippen LogP contribution is 2.48. The van der Waals surface area contributed by atoms with E-state index in [1.807, 2.05) is 73.7 Å². The number of hydrogen-bond acceptors (Lipinski definition) is 12. The zero-order valence-electron chi connectivity index (χ0n) is 35.3. The Labute approximate surface area is 329 Å². The van der Waals surface area contributed by atoms with Gasteiger partial charge < -0.3 is 48.5 Å². The number of methoxy groups -OCH3 is 1. The van der Waals surface area contributed by atoms with Crippen LogP contribution in [0.5, 0.6) is 0 Å². The van der Waals surface area contributed by atoms with Gasteiger partial charge in [0.05, 0.1) is 53.7 Å². The van der Waals surface area contributed by atoms with Gasteiger partial charge in [-0.25, -0.2) is 0 Å². The van der Waals surface area contributed by atoms with Crippen LogP contribution >= 0.6 is 0 Å². The molecule has 0 spiro atoms. The minimum atomic E-state index is -1.77. The van der Waals surface area contributed by atoms with Crippen LogP contribution in [-0.4, -0.2) is 125 Å². The van der Waals surface area contributed by atoms with E-state index >= 15 is 0 Å². The molecule has 4 heterocycles. The molecule has 0 radical (unpaired) electrons. The maximum Gasteiger partial charge on any atom is 0.311 e. The molecule has 4 aliphatic rings. The number of carbonyl (C=O) groups is 1. The zero-order valence-corrected chi connectivity index (χ0v) is 35.3. The van der Waals surface area contributed by atoms with Crippen LogP contribution in [-0.2, 0) is 44.5 Å². The van der Waals surface area contributed by atoms with Crippen molar-refractivity contribution in [3.8, 4) is 0 Å². The highest BCUT2D eigenvalue weighted by atomic mass is 16.7. The van der Waals surface area contributed by atoms with Crippen molar-refractivity contribution in [2.75, 3.05) is 14.2 Å². The Balaban J connectivity index is 1.56. The monoisotopic (exact) mass is 778 g/mol. The van der Waals surface area contributed by atoms with Crippen molar-refractivity contribution in [1.82, 2.24) is 4.90 Å². The zero-order chi connectivity index (χ0) is 40.6. The smallest absolute Gasteiger partial charge is 0.311 e. The number of carbonyl (C=O) groups excluding carboxylic acids is 1. The van der Waals surface area contributed by atoms with Crippen molar-refractivity contribution in [3.05, 3.63) is 35.9 Å². The van der Waals surface area contributed by atoms with E-state index in [4.69, 9.17) is 33.2 Å². The maximum atomic E-state index is 14.3. The quantitative estimate of drug-likeness (QED) is 0.283. The average molecular weight is 778 g/mol. The Morgan fingerprint density at radius 3 is 2.22 bits per heavy atom. The van der Waals surface area contributed by atoms with E-state index in [2.05, 4.69) is 24.0 Å². The van der Waals surface area contributed by atoms with Crippen LogP contribution in [0.25, 0.3) is 0 Å². The van der Waals surface area contributed by atoms with Crippen LogP contribution in [0.3, 0.4) is 0 Å².